The van der Waals surface area contributed by atoms with E-state index in [0.29, 0.717) is 11.0 Å². The molecule has 0 aliphatic carbocycles. The Labute approximate surface area is 183 Å². The summed E-state index contributed by atoms with van der Waals surface area (Å²) in [5.41, 5.74) is -2.91. The van der Waals surface area contributed by atoms with Gasteiger partial charge in [-0.1, -0.05) is 6.92 Å². The minimum Gasteiger partial charge on any atom is -0.546 e. The lowest BCUT2D eigenvalue weighted by molar-refractivity contribution is -0.870. The highest BCUT2D eigenvalue weighted by Gasteiger charge is 2.41. The molecular formula is C18H27NO13. The molecule has 0 aromatic heterocycles. The highest BCUT2D eigenvalue weighted by atomic mass is 16.7. The van der Waals surface area contributed by atoms with Gasteiger partial charge in [0, 0.05) is 0 Å². The van der Waals surface area contributed by atoms with E-state index in [0.717, 1.165) is 0 Å². The zero-order chi connectivity index (χ0) is 25.1. The van der Waals surface area contributed by atoms with E-state index in [1.807, 2.05) is 0 Å². The molecule has 0 heterocycles. The van der Waals surface area contributed by atoms with E-state index < -0.39 is 60.7 Å². The fourth-order valence-electron chi connectivity index (χ4n) is 2.16. The van der Waals surface area contributed by atoms with Crippen molar-refractivity contribution in [3.05, 3.63) is 0 Å². The maximum absolute atomic E-state index is 12.3. The smallest absolute Gasteiger partial charge is 0.377 e. The Morgan fingerprint density at radius 3 is 2.06 bits per heavy atom. The van der Waals surface area contributed by atoms with Gasteiger partial charge in [0.15, 0.2) is 11.7 Å². The Kier molecular flexibility index (Phi) is 11.3. The molecule has 0 spiro atoms. The van der Waals surface area contributed by atoms with E-state index in [4.69, 9.17) is 24.4 Å². The molecule has 2 N–H and O–H groups in total. The van der Waals surface area contributed by atoms with Gasteiger partial charge in [0.25, 0.3) is 6.47 Å². The fraction of sp³-hybridized carbons (Fsp3) is 0.667. The van der Waals surface area contributed by atoms with Gasteiger partial charge in [-0.25, -0.2) is 9.59 Å². The molecule has 0 saturated heterocycles. The van der Waals surface area contributed by atoms with Gasteiger partial charge in [-0.2, -0.15) is 0 Å². The Morgan fingerprint density at radius 2 is 1.66 bits per heavy atom. The second-order valence-electron chi connectivity index (χ2n) is 7.62. The van der Waals surface area contributed by atoms with E-state index in [9.17, 15) is 33.9 Å². The first kappa shape index (κ1) is 28.7. The van der Waals surface area contributed by atoms with Crippen molar-refractivity contribution >= 4 is 36.3 Å². The standard InChI is InChI=1S/C18H27NO13/c1-5-11(14(24)25)31-15(26)16(29-7-6-19(2,3)4)32-13(23)9-18(17(27)28,30-10-20)8-12(21)22/h10-11,16H,5-9H2,1-4H3,(H2-,21,22,24,25,27,28). The second-order valence-corrected chi connectivity index (χ2v) is 7.62. The van der Waals surface area contributed by atoms with Crippen molar-refractivity contribution in [3.63, 3.8) is 0 Å². The van der Waals surface area contributed by atoms with Gasteiger partial charge in [0.05, 0.1) is 40.0 Å². The van der Waals surface area contributed by atoms with E-state index in [-0.39, 0.29) is 19.5 Å². The predicted octanol–water partition coefficient (Wildman–Crippen LogP) is -2.49. The lowest BCUT2D eigenvalue weighted by atomic mass is 9.95. The van der Waals surface area contributed by atoms with Crippen molar-refractivity contribution in [2.45, 2.75) is 44.2 Å². The van der Waals surface area contributed by atoms with Crippen LogP contribution in [0.2, 0.25) is 0 Å². The number of carboxylic acids is 3. The van der Waals surface area contributed by atoms with Gasteiger partial charge in [0.1, 0.15) is 13.2 Å². The summed E-state index contributed by atoms with van der Waals surface area (Å²) in [5, 5.41) is 29.3. The normalized spacial score (nSPS) is 14.9. The van der Waals surface area contributed by atoms with Crippen LogP contribution < -0.4 is 5.11 Å². The lowest BCUT2D eigenvalue weighted by Gasteiger charge is -2.31. The van der Waals surface area contributed by atoms with Gasteiger partial charge >= 0.3 is 30.2 Å². The maximum Gasteiger partial charge on any atom is 0.377 e. The van der Waals surface area contributed by atoms with Crippen molar-refractivity contribution in [3.8, 4) is 0 Å². The third-order valence-corrected chi connectivity index (χ3v) is 3.88. The zero-order valence-electron chi connectivity index (χ0n) is 18.1. The topological polar surface area (TPSA) is 203 Å². The van der Waals surface area contributed by atoms with Gasteiger partial charge < -0.3 is 43.5 Å². The summed E-state index contributed by atoms with van der Waals surface area (Å²) in [7, 11) is 5.37. The molecule has 0 radical (unpaired) electrons. The van der Waals surface area contributed by atoms with Gasteiger partial charge in [-0.05, 0) is 6.42 Å². The molecule has 0 saturated carbocycles. The number of aliphatic carboxylic acids is 3. The summed E-state index contributed by atoms with van der Waals surface area (Å²) in [6, 6.07) is 0. The van der Waals surface area contributed by atoms with Crippen molar-refractivity contribution in [2.75, 3.05) is 34.3 Å². The average Bonchev–Trinajstić information content (AvgIpc) is 2.63. The molecule has 32 heavy (non-hydrogen) atoms. The Morgan fingerprint density at radius 1 is 1.06 bits per heavy atom. The van der Waals surface area contributed by atoms with Gasteiger partial charge in [0.2, 0.25) is 0 Å². The third-order valence-electron chi connectivity index (χ3n) is 3.88. The van der Waals surface area contributed by atoms with E-state index in [1.54, 1.807) is 21.1 Å². The molecule has 0 aliphatic rings. The second kappa shape index (κ2) is 12.6. The van der Waals surface area contributed by atoms with E-state index in [1.165, 1.54) is 6.92 Å². The number of carboxylic acid groups (broad SMARTS) is 3. The SMILES string of the molecule is CCC(OC(=O)C(OCC[N+](C)(C)C)OC(=O)CC(CC(=O)O)(OC=O)C(=O)[O-])C(=O)O. The molecule has 0 amide bonds. The quantitative estimate of drug-likeness (QED) is 0.0797. The molecular weight excluding hydrogens is 438 g/mol. The average molecular weight is 465 g/mol. The van der Waals surface area contributed by atoms with Crippen LogP contribution >= 0.6 is 0 Å². The molecule has 0 fully saturated rings. The van der Waals surface area contributed by atoms with Crippen LogP contribution in [-0.4, -0.2) is 103 Å². The van der Waals surface area contributed by atoms with Crippen LogP contribution in [0.15, 0.2) is 0 Å². The zero-order valence-corrected chi connectivity index (χ0v) is 18.1. The van der Waals surface area contributed by atoms with Crippen LogP contribution in [0.1, 0.15) is 26.2 Å². The number of likely N-dealkylation sites (N-methyl/N-ethyl adjacent to an activating group) is 1. The Balaban J connectivity index is 5.59. The number of carbonyl (C=O) groups excluding carboxylic acids is 4. The van der Waals surface area contributed by atoms with Crippen LogP contribution in [0.5, 0.6) is 0 Å². The van der Waals surface area contributed by atoms with E-state index in [2.05, 4.69) is 4.74 Å². The fourth-order valence-corrected chi connectivity index (χ4v) is 2.16. The first-order chi connectivity index (χ1) is 14.7. The van der Waals surface area contributed by atoms with Gasteiger partial charge in [-0.15, -0.1) is 0 Å². The Hall–Kier alpha value is -3.26. The molecule has 14 heteroatoms. The number of hydrogen-bond acceptors (Lipinski definition) is 11. The molecule has 3 unspecified atom stereocenters. The van der Waals surface area contributed by atoms with Crippen molar-refractivity contribution < 1.29 is 67.5 Å². The molecule has 3 atom stereocenters. The monoisotopic (exact) mass is 465 g/mol. The summed E-state index contributed by atoms with van der Waals surface area (Å²) >= 11 is 0. The highest BCUT2D eigenvalue weighted by molar-refractivity contribution is 5.89. The summed E-state index contributed by atoms with van der Waals surface area (Å²) in [6.45, 7) is 1.19. The minimum atomic E-state index is -2.91. The first-order valence-electron chi connectivity index (χ1n) is 9.27. The largest absolute Gasteiger partial charge is 0.546 e. The van der Waals surface area contributed by atoms with Crippen LogP contribution in [0.3, 0.4) is 0 Å². The van der Waals surface area contributed by atoms with Crippen molar-refractivity contribution in [1.82, 2.24) is 0 Å². The van der Waals surface area contributed by atoms with Crippen LogP contribution in [0.4, 0.5) is 0 Å². The predicted molar refractivity (Wildman–Crippen MR) is 98.3 cm³/mol. The number of nitrogens with zero attached hydrogens (tertiary/aromatic N) is 1. The number of rotatable bonds is 16. The molecule has 0 bridgehead atoms. The number of carbonyl (C=O) groups is 6. The van der Waals surface area contributed by atoms with E-state index >= 15 is 0 Å². The lowest BCUT2D eigenvalue weighted by Crippen LogP contribution is -2.53. The van der Waals surface area contributed by atoms with Crippen molar-refractivity contribution in [1.29, 1.82) is 0 Å². The van der Waals surface area contributed by atoms with Crippen LogP contribution in [0, 0.1) is 0 Å². The molecule has 182 valence electrons. The highest BCUT2D eigenvalue weighted by Crippen LogP contribution is 2.21. The number of ether oxygens (including phenoxy) is 4. The molecule has 14 nitrogen and oxygen atoms in total. The number of hydrogen-bond donors (Lipinski definition) is 2. The third kappa shape index (κ3) is 10.2. The summed E-state index contributed by atoms with van der Waals surface area (Å²) < 4.78 is 19.4. The van der Waals surface area contributed by atoms with Gasteiger partial charge in [-0.3, -0.25) is 14.4 Å². The molecule has 0 aliphatic heterocycles. The summed E-state index contributed by atoms with van der Waals surface area (Å²) in [6.07, 6.45) is -6.45. The summed E-state index contributed by atoms with van der Waals surface area (Å²) in [4.78, 5) is 68.7. The molecule has 0 aromatic carbocycles. The summed E-state index contributed by atoms with van der Waals surface area (Å²) in [5.74, 6) is -8.28. The van der Waals surface area contributed by atoms with Crippen molar-refractivity contribution in [2.24, 2.45) is 0 Å². The van der Waals surface area contributed by atoms with Crippen LogP contribution in [-0.2, 0) is 47.7 Å². The first-order valence-corrected chi connectivity index (χ1v) is 9.27. The molecule has 0 rings (SSSR count). The molecule has 0 aromatic rings. The van der Waals surface area contributed by atoms with Crippen LogP contribution in [0.25, 0.3) is 0 Å². The number of esters is 2. The Bertz CT molecular complexity index is 714. The maximum atomic E-state index is 12.3. The minimum absolute atomic E-state index is 0.111. The number of quaternary nitrogens is 1.